The van der Waals surface area contributed by atoms with Gasteiger partial charge in [0.25, 0.3) is 0 Å². The zero-order valence-electron chi connectivity index (χ0n) is 13.3. The summed E-state index contributed by atoms with van der Waals surface area (Å²) >= 11 is 0.332. The number of para-hydroxylation sites is 2. The zero-order valence-corrected chi connectivity index (χ0v) is 26.3. The first-order chi connectivity index (χ1) is 10.3. The Hall–Kier alpha value is -0.370. The summed E-state index contributed by atoms with van der Waals surface area (Å²) in [6.07, 6.45) is 0. The molecular weight excluding hydrogens is 724 g/mol. The minimum absolute atomic E-state index is 0. The van der Waals surface area contributed by atoms with Gasteiger partial charge in [-0.1, -0.05) is 0 Å². The van der Waals surface area contributed by atoms with Crippen molar-refractivity contribution < 1.29 is 113 Å². The van der Waals surface area contributed by atoms with Gasteiger partial charge in [-0.3, -0.25) is 0 Å². The third-order valence-electron chi connectivity index (χ3n) is 2.56. The Bertz CT molecular complexity index is 630. The summed E-state index contributed by atoms with van der Waals surface area (Å²) < 4.78 is 1.32. The van der Waals surface area contributed by atoms with Crippen LogP contribution in [0, 0.1) is 20.2 Å². The maximum atomic E-state index is 10.3. The fourth-order valence-corrected chi connectivity index (χ4v) is 5.05. The number of aromatic hydroxyl groups is 2. The van der Waals surface area contributed by atoms with Gasteiger partial charge in [-0.25, -0.2) is 0 Å². The van der Waals surface area contributed by atoms with E-state index >= 15 is 0 Å². The molecule has 122 valence electrons. The molecule has 0 fully saturated rings. The fraction of sp³-hybridized carbons (Fsp3) is 0. The van der Waals surface area contributed by atoms with Crippen molar-refractivity contribution >= 4 is 17.5 Å². The van der Waals surface area contributed by atoms with E-state index in [0.717, 1.165) is 0 Å². The van der Waals surface area contributed by atoms with Gasteiger partial charge in [0.05, 0.1) is 0 Å². The molecule has 0 aromatic heterocycles. The van der Waals surface area contributed by atoms with E-state index in [9.17, 15) is 20.2 Å². The summed E-state index contributed by atoms with van der Waals surface area (Å²) in [6, 6.07) is 9.22. The minimum Gasteiger partial charge on any atom is 1.00 e. The largest absolute Gasteiger partial charge is 1.00 e. The molecule has 13 heteroatoms. The molecule has 25 heavy (non-hydrogen) atoms. The average molecular weight is 736 g/mol. The number of phenolic OH excluding ortho intramolecular Hbond substituents is 2. The number of nitro benzene ring substituents is 2. The Labute approximate surface area is 196 Å². The Balaban J connectivity index is -0.000000346. The van der Waals surface area contributed by atoms with Crippen LogP contribution >= 0.6 is 0 Å². The van der Waals surface area contributed by atoms with E-state index in [4.69, 9.17) is 10.2 Å². The molecule has 2 aromatic carbocycles. The molecule has 0 radical (unpaired) electrons. The number of hydrogen-bond donors (Lipinski definition) is 2. The predicted octanol–water partition coefficient (Wildman–Crippen LogP) is -3.70. The fourth-order valence-electron chi connectivity index (χ4n) is 1.58. The maximum absolute atomic E-state index is 10.3. The summed E-state index contributed by atoms with van der Waals surface area (Å²) in [7, 11) is 0. The van der Waals surface area contributed by atoms with Crippen molar-refractivity contribution in [2.24, 2.45) is 0 Å². The molecule has 0 aliphatic carbocycles. The number of phenols is 2. The molecule has 0 aliphatic heterocycles. The second-order valence-corrected chi connectivity index (χ2v) is 10.0. The summed E-state index contributed by atoms with van der Waals surface area (Å²) in [5.74, 6) is -0.468. The first kappa shape index (κ1) is 29.4. The van der Waals surface area contributed by atoms with Crippen LogP contribution in [0.5, 0.6) is 11.5 Å². The average Bonchev–Trinajstić information content (AvgIpc) is 2.38. The molecule has 0 amide bonds. The summed E-state index contributed by atoms with van der Waals surface area (Å²) in [5.41, 5.74) is -0.258. The standard InChI is InChI=1S/2C6H4NO3.2Hg.Na.2H2O/c2*8-6-4-2-1-3-5(6)7(9)10;;;;;/h2*1-2,4,8H;;;;2*1H2/q;;;;+1;;. The van der Waals surface area contributed by atoms with Crippen LogP contribution in [0.2, 0.25) is 0 Å². The van der Waals surface area contributed by atoms with E-state index in [0.29, 0.717) is 6.14 Å². The number of nitro groups is 2. The first-order valence-corrected chi connectivity index (χ1v) is 11.3. The minimum atomic E-state index is -0.544. The summed E-state index contributed by atoms with van der Waals surface area (Å²) in [4.78, 5) is 19.6. The molecule has 2 rings (SSSR count). The van der Waals surface area contributed by atoms with Crippen molar-refractivity contribution in [2.45, 2.75) is 0 Å². The van der Waals surface area contributed by atoms with Gasteiger partial charge in [0.1, 0.15) is 0 Å². The van der Waals surface area contributed by atoms with Gasteiger partial charge >= 0.3 is 188 Å². The molecule has 0 heterocycles. The molecule has 0 unspecified atom stereocenters. The number of rotatable bonds is 2. The van der Waals surface area contributed by atoms with E-state index in [2.05, 4.69) is 0 Å². The van der Waals surface area contributed by atoms with E-state index in [1.54, 1.807) is 24.3 Å². The Morgan fingerprint density at radius 3 is 1.20 bits per heavy atom. The Morgan fingerprint density at radius 2 is 1.04 bits per heavy atom. The number of nitrogens with zero attached hydrogens (tertiary/aromatic N) is 2. The molecule has 0 bridgehead atoms. The van der Waals surface area contributed by atoms with Crippen LogP contribution in [0.3, 0.4) is 0 Å². The molecule has 6 N–H and O–H groups in total. The number of hydrogen-bond acceptors (Lipinski definition) is 6. The van der Waals surface area contributed by atoms with E-state index in [-0.39, 0.29) is 116 Å². The van der Waals surface area contributed by atoms with Crippen molar-refractivity contribution in [3.8, 4) is 11.5 Å². The predicted molar refractivity (Wildman–Crippen MR) is 76.0 cm³/mol. The van der Waals surface area contributed by atoms with Crippen LogP contribution in [-0.2, 0) is 52.2 Å². The normalized spacial score (nSPS) is 8.48. The third-order valence-corrected chi connectivity index (χ3v) is 7.00. The van der Waals surface area contributed by atoms with Gasteiger partial charge < -0.3 is 11.0 Å². The Morgan fingerprint density at radius 1 is 0.760 bits per heavy atom. The molecular formula is C12H12Hg2N2NaO8+. The van der Waals surface area contributed by atoms with E-state index in [1.807, 2.05) is 0 Å². The van der Waals surface area contributed by atoms with Crippen LogP contribution in [0.25, 0.3) is 0 Å². The molecule has 0 saturated heterocycles. The van der Waals surface area contributed by atoms with Crippen LogP contribution < -0.4 is 35.7 Å². The molecule has 10 nitrogen and oxygen atoms in total. The van der Waals surface area contributed by atoms with Crippen LogP contribution in [0.4, 0.5) is 11.4 Å². The molecule has 0 spiro atoms. The summed E-state index contributed by atoms with van der Waals surface area (Å²) in [5, 5.41) is 38.7. The van der Waals surface area contributed by atoms with Crippen molar-refractivity contribution in [2.75, 3.05) is 0 Å². The molecule has 2 aromatic rings. The molecule has 0 aliphatic rings. The van der Waals surface area contributed by atoms with E-state index < -0.39 is 9.85 Å². The second kappa shape index (κ2) is 13.8. The molecule has 0 atom stereocenters. The number of benzene rings is 2. The zero-order chi connectivity index (χ0) is 16.9. The van der Waals surface area contributed by atoms with Crippen LogP contribution in [-0.4, -0.2) is 31.0 Å². The van der Waals surface area contributed by atoms with Gasteiger partial charge in [-0.15, -0.1) is 0 Å². The summed E-state index contributed by atoms with van der Waals surface area (Å²) in [6.45, 7) is 0. The Kier molecular flexibility index (Phi) is 16.2. The van der Waals surface area contributed by atoms with Crippen molar-refractivity contribution in [3.05, 3.63) is 56.6 Å². The van der Waals surface area contributed by atoms with Gasteiger partial charge in [0.15, 0.2) is 0 Å². The van der Waals surface area contributed by atoms with Gasteiger partial charge in [-0.2, -0.15) is 0 Å². The third kappa shape index (κ3) is 8.71. The monoisotopic (exact) mass is 739 g/mol. The van der Waals surface area contributed by atoms with Crippen molar-refractivity contribution in [3.63, 3.8) is 0 Å². The first-order valence-electron chi connectivity index (χ1n) is 5.82. The van der Waals surface area contributed by atoms with Crippen molar-refractivity contribution in [1.29, 1.82) is 0 Å². The maximum Gasteiger partial charge on any atom is 1.00 e. The smallest absolute Gasteiger partial charge is 1.00 e. The van der Waals surface area contributed by atoms with Crippen LogP contribution in [0.15, 0.2) is 36.4 Å². The quantitative estimate of drug-likeness (QED) is 0.181. The SMILES string of the molecule is O.O.O=[N+]([O-])c1c(O)ccc[c]1[Hg].O=[N+]([O-])c1c(O)ccc[c]1[Hg].[Na+]. The van der Waals surface area contributed by atoms with Crippen LogP contribution in [0.1, 0.15) is 0 Å². The van der Waals surface area contributed by atoms with E-state index in [1.165, 1.54) is 12.1 Å². The van der Waals surface area contributed by atoms with Gasteiger partial charge in [-0.05, 0) is 0 Å². The van der Waals surface area contributed by atoms with Gasteiger partial charge in [0.2, 0.25) is 0 Å². The second-order valence-electron chi connectivity index (χ2n) is 4.08. The topological polar surface area (TPSA) is 190 Å². The van der Waals surface area contributed by atoms with Crippen molar-refractivity contribution in [1.82, 2.24) is 0 Å². The molecule has 0 saturated carbocycles. The van der Waals surface area contributed by atoms with Gasteiger partial charge in [0, 0.05) is 0 Å².